The van der Waals surface area contributed by atoms with Crippen LogP contribution in [0.4, 0.5) is 18.9 Å². The fraction of sp³-hybridized carbons (Fsp3) is 0.476. The highest BCUT2D eigenvalue weighted by molar-refractivity contribution is 7.91. The zero-order valence-electron chi connectivity index (χ0n) is 18.6. The zero-order chi connectivity index (χ0) is 25.1. The van der Waals surface area contributed by atoms with Crippen LogP contribution in [0.5, 0.6) is 0 Å². The van der Waals surface area contributed by atoms with Crippen LogP contribution in [0.15, 0.2) is 17.5 Å². The van der Waals surface area contributed by atoms with E-state index in [9.17, 15) is 31.5 Å². The Kier molecular flexibility index (Phi) is 6.01. The first kappa shape index (κ1) is 24.6. The van der Waals surface area contributed by atoms with E-state index in [1.165, 1.54) is 13.8 Å². The van der Waals surface area contributed by atoms with Gasteiger partial charge in [0.15, 0.2) is 20.5 Å². The molecule has 3 aromatic rings. The quantitative estimate of drug-likeness (QED) is 0.545. The fourth-order valence-electron chi connectivity index (χ4n) is 4.14. The van der Waals surface area contributed by atoms with E-state index in [1.54, 1.807) is 23.7 Å². The van der Waals surface area contributed by atoms with Crippen molar-refractivity contribution in [1.29, 1.82) is 0 Å². The molecule has 1 fully saturated rings. The Morgan fingerprint density at radius 3 is 2.56 bits per heavy atom. The van der Waals surface area contributed by atoms with Crippen molar-refractivity contribution in [3.63, 3.8) is 0 Å². The number of hydrogen-bond acceptors (Lipinski definition) is 7. The highest BCUT2D eigenvalue weighted by atomic mass is 32.2. The Morgan fingerprint density at radius 1 is 1.26 bits per heavy atom. The van der Waals surface area contributed by atoms with Crippen molar-refractivity contribution in [1.82, 2.24) is 14.5 Å². The van der Waals surface area contributed by atoms with E-state index in [4.69, 9.17) is 0 Å². The number of thiazole rings is 1. The molecule has 1 saturated heterocycles. The number of aromatic nitrogens is 3. The van der Waals surface area contributed by atoms with Gasteiger partial charge in [-0.3, -0.25) is 4.79 Å². The van der Waals surface area contributed by atoms with Crippen LogP contribution in [0, 0.1) is 0 Å². The highest BCUT2D eigenvalue weighted by Gasteiger charge is 2.35. The molecule has 184 valence electrons. The summed E-state index contributed by atoms with van der Waals surface area (Å²) in [6, 6.07) is 3.17. The van der Waals surface area contributed by atoms with Crippen LogP contribution in [0.2, 0.25) is 0 Å². The van der Waals surface area contributed by atoms with E-state index in [-0.39, 0.29) is 28.1 Å². The topological polar surface area (TPSA) is 114 Å². The Balaban J connectivity index is 1.74. The summed E-state index contributed by atoms with van der Waals surface area (Å²) in [5, 5.41) is 13.7. The fourth-order valence-corrected chi connectivity index (χ4v) is 6.56. The van der Waals surface area contributed by atoms with E-state index >= 15 is 0 Å². The molecule has 0 spiro atoms. The molecule has 34 heavy (non-hydrogen) atoms. The molecule has 0 aliphatic carbocycles. The molecular weight excluding hydrogens is 493 g/mol. The first-order chi connectivity index (χ1) is 15.7. The smallest absolute Gasteiger partial charge is 0.386 e. The molecule has 3 heterocycles. The van der Waals surface area contributed by atoms with Crippen molar-refractivity contribution < 1.29 is 31.5 Å². The predicted molar refractivity (Wildman–Crippen MR) is 122 cm³/mol. The van der Waals surface area contributed by atoms with Gasteiger partial charge >= 0.3 is 6.18 Å². The lowest BCUT2D eigenvalue weighted by Crippen LogP contribution is -2.25. The van der Waals surface area contributed by atoms with Crippen LogP contribution < -0.4 is 5.32 Å². The number of carbonyl (C=O) groups is 1. The molecule has 8 nitrogen and oxygen atoms in total. The lowest BCUT2D eigenvalue weighted by atomic mass is 9.95. The van der Waals surface area contributed by atoms with Crippen molar-refractivity contribution in [3.8, 4) is 0 Å². The Morgan fingerprint density at radius 2 is 1.97 bits per heavy atom. The minimum Gasteiger partial charge on any atom is -0.386 e. The number of rotatable bonds is 4. The maximum atomic E-state index is 12.9. The van der Waals surface area contributed by atoms with Gasteiger partial charge in [0.25, 0.3) is 5.91 Å². The Hall–Kier alpha value is -2.51. The number of halogens is 3. The van der Waals surface area contributed by atoms with Gasteiger partial charge < -0.3 is 15.0 Å². The molecule has 1 unspecified atom stereocenters. The SMILES string of the molecule is Cn1c(C2CCCS(=O)(=O)C2)nc2cc(C(C)(C)O)c(NC(=O)c3nc(C(F)(F)F)cs3)cc21. The number of anilines is 1. The lowest BCUT2D eigenvalue weighted by molar-refractivity contribution is -0.140. The van der Waals surface area contributed by atoms with Gasteiger partial charge in [-0.05, 0) is 38.8 Å². The van der Waals surface area contributed by atoms with Gasteiger partial charge in [-0.25, -0.2) is 18.4 Å². The lowest BCUT2D eigenvalue weighted by Gasteiger charge is -2.22. The van der Waals surface area contributed by atoms with Gasteiger partial charge in [0, 0.05) is 29.6 Å². The predicted octanol–water partition coefficient (Wildman–Crippen LogP) is 3.82. The molecule has 13 heteroatoms. The third kappa shape index (κ3) is 4.82. The molecule has 0 saturated carbocycles. The number of nitrogens with zero attached hydrogens (tertiary/aromatic N) is 3. The minimum atomic E-state index is -4.66. The van der Waals surface area contributed by atoms with Gasteiger partial charge in [-0.15, -0.1) is 11.3 Å². The molecular formula is C21H23F3N4O4S2. The van der Waals surface area contributed by atoms with Crippen LogP contribution in [0.25, 0.3) is 11.0 Å². The maximum Gasteiger partial charge on any atom is 0.434 e. The van der Waals surface area contributed by atoms with Crippen molar-refractivity contribution >= 4 is 43.8 Å². The van der Waals surface area contributed by atoms with E-state index in [0.29, 0.717) is 46.6 Å². The van der Waals surface area contributed by atoms with Crippen LogP contribution in [-0.2, 0) is 28.7 Å². The van der Waals surface area contributed by atoms with Crippen molar-refractivity contribution in [2.24, 2.45) is 7.05 Å². The van der Waals surface area contributed by atoms with Gasteiger partial charge in [-0.1, -0.05) is 0 Å². The summed E-state index contributed by atoms with van der Waals surface area (Å²) < 4.78 is 64.6. The van der Waals surface area contributed by atoms with Gasteiger partial charge in [0.2, 0.25) is 0 Å². The number of nitrogens with one attached hydrogen (secondary N) is 1. The van der Waals surface area contributed by atoms with Crippen molar-refractivity contribution in [2.45, 2.75) is 44.4 Å². The molecule has 2 N–H and O–H groups in total. The molecule has 1 aliphatic heterocycles. The van der Waals surface area contributed by atoms with Gasteiger partial charge in [-0.2, -0.15) is 13.2 Å². The number of aliphatic hydroxyl groups is 1. The molecule has 4 rings (SSSR count). The van der Waals surface area contributed by atoms with E-state index in [2.05, 4.69) is 15.3 Å². The second-order valence-corrected chi connectivity index (χ2v) is 12.0. The number of benzene rings is 1. The largest absolute Gasteiger partial charge is 0.434 e. The van der Waals surface area contributed by atoms with E-state index < -0.39 is 33.2 Å². The first-order valence-electron chi connectivity index (χ1n) is 10.4. The van der Waals surface area contributed by atoms with Crippen LogP contribution in [-0.4, -0.2) is 45.5 Å². The van der Waals surface area contributed by atoms with Crippen molar-refractivity contribution in [2.75, 3.05) is 16.8 Å². The average Bonchev–Trinajstić information content (AvgIpc) is 3.32. The molecule has 1 amide bonds. The normalized spacial score (nSPS) is 18.9. The van der Waals surface area contributed by atoms with E-state index in [1.807, 2.05) is 0 Å². The van der Waals surface area contributed by atoms with Crippen LogP contribution in [0.1, 0.15) is 59.5 Å². The zero-order valence-corrected chi connectivity index (χ0v) is 20.2. The summed E-state index contributed by atoms with van der Waals surface area (Å²) in [5.41, 5.74) is -0.982. The second kappa shape index (κ2) is 8.31. The third-order valence-electron chi connectivity index (χ3n) is 5.78. The third-order valence-corrected chi connectivity index (χ3v) is 8.44. The number of sulfone groups is 1. The Bertz CT molecular complexity index is 1370. The standard InChI is InChI=1S/C21H23F3N4O4S2/c1-20(2,30)12-7-14-15(28(3)17(25-14)11-5-4-6-34(31,32)10-11)8-13(12)26-18(29)19-27-16(9-33-19)21(22,23)24/h7-9,11,30H,4-6,10H2,1-3H3,(H,26,29). The minimum absolute atomic E-state index is 0.00229. The summed E-state index contributed by atoms with van der Waals surface area (Å²) in [6.45, 7) is 3.01. The molecule has 1 atom stereocenters. The number of fused-ring (bicyclic) bond motifs is 1. The average molecular weight is 517 g/mol. The number of imidazole rings is 1. The number of amides is 1. The first-order valence-corrected chi connectivity index (χ1v) is 13.1. The van der Waals surface area contributed by atoms with Crippen molar-refractivity contribution in [3.05, 3.63) is 39.6 Å². The van der Waals surface area contributed by atoms with E-state index in [0.717, 1.165) is 5.38 Å². The van der Waals surface area contributed by atoms with Crippen LogP contribution >= 0.6 is 11.3 Å². The molecule has 0 radical (unpaired) electrons. The summed E-state index contributed by atoms with van der Waals surface area (Å²) in [5.74, 6) is -0.392. The summed E-state index contributed by atoms with van der Waals surface area (Å²) in [7, 11) is -1.43. The van der Waals surface area contributed by atoms with Crippen LogP contribution in [0.3, 0.4) is 0 Å². The highest BCUT2D eigenvalue weighted by Crippen LogP contribution is 2.36. The molecule has 1 aliphatic rings. The second-order valence-electron chi connectivity index (χ2n) is 8.92. The summed E-state index contributed by atoms with van der Waals surface area (Å²) in [6.07, 6.45) is -3.45. The van der Waals surface area contributed by atoms with Gasteiger partial charge in [0.1, 0.15) is 5.82 Å². The monoisotopic (exact) mass is 516 g/mol. The maximum absolute atomic E-state index is 12.9. The molecule has 1 aromatic carbocycles. The number of aryl methyl sites for hydroxylation is 1. The number of hydrogen-bond donors (Lipinski definition) is 2. The number of alkyl halides is 3. The Labute approximate surface area is 197 Å². The van der Waals surface area contributed by atoms with Gasteiger partial charge in [0.05, 0.1) is 28.1 Å². The molecule has 2 aromatic heterocycles. The molecule has 0 bridgehead atoms. The number of carbonyl (C=O) groups excluding carboxylic acids is 1. The summed E-state index contributed by atoms with van der Waals surface area (Å²) >= 11 is 0.566. The summed E-state index contributed by atoms with van der Waals surface area (Å²) in [4.78, 5) is 20.7.